The van der Waals surface area contributed by atoms with Crippen LogP contribution in [-0.2, 0) is 9.53 Å². The fourth-order valence-electron chi connectivity index (χ4n) is 4.52. The van der Waals surface area contributed by atoms with Crippen LogP contribution in [0.2, 0.25) is 5.02 Å². The summed E-state index contributed by atoms with van der Waals surface area (Å²) in [6, 6.07) is 1.57. The maximum absolute atomic E-state index is 14.2. The van der Waals surface area contributed by atoms with E-state index in [9.17, 15) is 9.18 Å². The van der Waals surface area contributed by atoms with Crippen LogP contribution in [0.15, 0.2) is 12.3 Å². The van der Waals surface area contributed by atoms with E-state index >= 15 is 0 Å². The van der Waals surface area contributed by atoms with Crippen LogP contribution < -0.4 is 4.90 Å². The zero-order valence-corrected chi connectivity index (χ0v) is 15.0. The van der Waals surface area contributed by atoms with Crippen molar-refractivity contribution in [3.8, 4) is 0 Å². The van der Waals surface area contributed by atoms with Crippen LogP contribution in [0, 0.1) is 11.2 Å². The molecule has 0 aliphatic carbocycles. The highest BCUT2D eigenvalue weighted by molar-refractivity contribution is 6.30. The molecule has 0 aromatic carbocycles. The number of rotatable bonds is 2. The van der Waals surface area contributed by atoms with Crippen molar-refractivity contribution < 1.29 is 13.9 Å². The molecule has 1 amide bonds. The van der Waals surface area contributed by atoms with Gasteiger partial charge in [-0.2, -0.15) is 0 Å². The molecule has 5 nitrogen and oxygen atoms in total. The van der Waals surface area contributed by atoms with E-state index in [4.69, 9.17) is 16.3 Å². The number of hydrogen-bond acceptors (Lipinski definition) is 4. The van der Waals surface area contributed by atoms with Gasteiger partial charge in [-0.3, -0.25) is 4.79 Å². The summed E-state index contributed by atoms with van der Waals surface area (Å²) < 4.78 is 19.7. The summed E-state index contributed by atoms with van der Waals surface area (Å²) in [5.74, 6) is 0.119. The highest BCUT2D eigenvalue weighted by Gasteiger charge is 2.50. The van der Waals surface area contributed by atoms with Gasteiger partial charge in [0, 0.05) is 45.1 Å². The van der Waals surface area contributed by atoms with Gasteiger partial charge >= 0.3 is 0 Å². The number of aromatic nitrogens is 1. The first-order valence-electron chi connectivity index (χ1n) is 9.04. The lowest BCUT2D eigenvalue weighted by atomic mass is 9.77. The van der Waals surface area contributed by atoms with Crippen molar-refractivity contribution >= 4 is 23.3 Å². The number of piperidine rings is 1. The Bertz CT molecular complexity index is 668. The van der Waals surface area contributed by atoms with E-state index in [1.165, 1.54) is 12.3 Å². The number of nitrogens with zero attached hydrogens (tertiary/aromatic N) is 3. The number of carbonyl (C=O) groups is 1. The lowest BCUT2D eigenvalue weighted by Crippen LogP contribution is -2.54. The molecule has 7 heteroatoms. The Morgan fingerprint density at radius 1 is 1.28 bits per heavy atom. The zero-order valence-electron chi connectivity index (χ0n) is 14.2. The van der Waals surface area contributed by atoms with Crippen molar-refractivity contribution in [3.05, 3.63) is 23.1 Å². The second-order valence-electron chi connectivity index (χ2n) is 7.36. The number of anilines is 1. The van der Waals surface area contributed by atoms with Crippen LogP contribution in [0.25, 0.3) is 0 Å². The predicted octanol–water partition coefficient (Wildman–Crippen LogP) is 2.87. The molecule has 3 saturated heterocycles. The number of pyridine rings is 1. The first kappa shape index (κ1) is 17.0. The van der Waals surface area contributed by atoms with Crippen LogP contribution in [-0.4, -0.2) is 54.7 Å². The van der Waals surface area contributed by atoms with E-state index in [1.54, 1.807) is 0 Å². The molecule has 136 valence electrons. The topological polar surface area (TPSA) is 45.7 Å². The Morgan fingerprint density at radius 2 is 2.08 bits per heavy atom. The van der Waals surface area contributed by atoms with Gasteiger partial charge in [-0.25, -0.2) is 9.37 Å². The Kier molecular flexibility index (Phi) is 4.58. The molecule has 1 aromatic rings. The second kappa shape index (κ2) is 6.72. The molecule has 25 heavy (non-hydrogen) atoms. The van der Waals surface area contributed by atoms with Crippen LogP contribution in [0.5, 0.6) is 0 Å². The molecule has 4 heterocycles. The minimum absolute atomic E-state index is 0.238. The Morgan fingerprint density at radius 3 is 2.84 bits per heavy atom. The first-order valence-corrected chi connectivity index (χ1v) is 9.42. The molecular formula is C18H23ClFN3O2. The van der Waals surface area contributed by atoms with Gasteiger partial charge in [0.05, 0.1) is 10.4 Å². The summed E-state index contributed by atoms with van der Waals surface area (Å²) in [5.41, 5.74) is -0.399. The Balaban J connectivity index is 1.52. The summed E-state index contributed by atoms with van der Waals surface area (Å²) in [6.07, 6.45) is 5.93. The number of amides is 1. The zero-order chi connectivity index (χ0) is 17.4. The van der Waals surface area contributed by atoms with Crippen molar-refractivity contribution in [2.45, 2.75) is 38.1 Å². The largest absolute Gasteiger partial charge is 0.381 e. The number of carbonyl (C=O) groups excluding carboxylic acids is 1. The van der Waals surface area contributed by atoms with E-state index in [-0.39, 0.29) is 17.0 Å². The normalized spacial score (nSPS) is 28.2. The maximum atomic E-state index is 14.2. The second-order valence-corrected chi connectivity index (χ2v) is 7.79. The van der Waals surface area contributed by atoms with Crippen molar-refractivity contribution in [1.82, 2.24) is 9.88 Å². The summed E-state index contributed by atoms with van der Waals surface area (Å²) in [6.45, 7) is 3.48. The average Bonchev–Trinajstić information content (AvgIpc) is 3.03. The average molecular weight is 368 g/mol. The van der Waals surface area contributed by atoms with Crippen molar-refractivity contribution in [1.29, 1.82) is 0 Å². The molecule has 0 unspecified atom stereocenters. The van der Waals surface area contributed by atoms with Crippen molar-refractivity contribution in [3.63, 3.8) is 0 Å². The molecule has 1 spiro atoms. The molecular weight excluding hydrogens is 345 g/mol. The lowest BCUT2D eigenvalue weighted by molar-refractivity contribution is -0.149. The molecule has 1 atom stereocenters. The van der Waals surface area contributed by atoms with Gasteiger partial charge in [0.2, 0.25) is 5.91 Å². The van der Waals surface area contributed by atoms with E-state index in [0.29, 0.717) is 18.9 Å². The summed E-state index contributed by atoms with van der Waals surface area (Å²) in [5, 5.41) is 0.287. The van der Waals surface area contributed by atoms with Gasteiger partial charge in [0.15, 0.2) is 11.6 Å². The van der Waals surface area contributed by atoms with E-state index < -0.39 is 11.2 Å². The maximum Gasteiger partial charge on any atom is 0.230 e. The number of likely N-dealkylation sites (tertiary alicyclic amines) is 1. The number of ether oxygens (including phenoxy) is 1. The molecule has 4 rings (SSSR count). The van der Waals surface area contributed by atoms with Gasteiger partial charge < -0.3 is 14.5 Å². The van der Waals surface area contributed by atoms with Gasteiger partial charge in [0.1, 0.15) is 0 Å². The fourth-order valence-corrected chi connectivity index (χ4v) is 4.66. The number of halogens is 2. The minimum Gasteiger partial charge on any atom is -0.381 e. The Labute approximate surface area is 152 Å². The fraction of sp³-hybridized carbons (Fsp3) is 0.667. The third kappa shape index (κ3) is 3.10. The lowest BCUT2D eigenvalue weighted by Gasteiger charge is -2.44. The van der Waals surface area contributed by atoms with E-state index in [2.05, 4.69) is 9.88 Å². The van der Waals surface area contributed by atoms with Crippen LogP contribution >= 0.6 is 11.6 Å². The highest BCUT2D eigenvalue weighted by Crippen LogP contribution is 2.42. The summed E-state index contributed by atoms with van der Waals surface area (Å²) in [7, 11) is 0. The van der Waals surface area contributed by atoms with Crippen LogP contribution in [0.1, 0.15) is 32.1 Å². The molecule has 0 N–H and O–H groups in total. The van der Waals surface area contributed by atoms with Crippen LogP contribution in [0.3, 0.4) is 0 Å². The summed E-state index contributed by atoms with van der Waals surface area (Å²) in [4.78, 5) is 21.4. The third-order valence-electron chi connectivity index (χ3n) is 5.84. The smallest absolute Gasteiger partial charge is 0.230 e. The van der Waals surface area contributed by atoms with Crippen molar-refractivity contribution in [2.75, 3.05) is 37.7 Å². The van der Waals surface area contributed by atoms with Gasteiger partial charge in [0.25, 0.3) is 0 Å². The van der Waals surface area contributed by atoms with Crippen molar-refractivity contribution in [2.24, 2.45) is 5.41 Å². The Hall–Kier alpha value is -1.40. The summed E-state index contributed by atoms with van der Waals surface area (Å²) >= 11 is 5.80. The molecule has 0 saturated carbocycles. The SMILES string of the molecule is O=C1N(C2CCOCC2)CCC[C@@]12CCN(c1ncc(Cl)cc1F)C2. The first-order chi connectivity index (χ1) is 12.1. The molecule has 0 bridgehead atoms. The standard InChI is InChI=1S/C18H23ClFN3O2/c19-13-10-15(20)16(21-11-13)22-7-5-18(12-22)4-1-6-23(17(18)24)14-2-8-25-9-3-14/h10-11,14H,1-9,12H2/t18-/m0/s1. The van der Waals surface area contributed by atoms with Crippen LogP contribution in [0.4, 0.5) is 10.2 Å². The molecule has 3 aliphatic heterocycles. The number of hydrogen-bond donors (Lipinski definition) is 0. The third-order valence-corrected chi connectivity index (χ3v) is 6.05. The van der Waals surface area contributed by atoms with E-state index in [1.807, 2.05) is 4.90 Å². The van der Waals surface area contributed by atoms with E-state index in [0.717, 1.165) is 51.9 Å². The quantitative estimate of drug-likeness (QED) is 0.806. The highest BCUT2D eigenvalue weighted by atomic mass is 35.5. The monoisotopic (exact) mass is 367 g/mol. The minimum atomic E-state index is -0.422. The molecule has 0 radical (unpaired) electrons. The van der Waals surface area contributed by atoms with Gasteiger partial charge in [-0.05, 0) is 38.2 Å². The molecule has 3 fully saturated rings. The predicted molar refractivity (Wildman–Crippen MR) is 93.3 cm³/mol. The molecule has 3 aliphatic rings. The molecule has 1 aromatic heterocycles. The van der Waals surface area contributed by atoms with Gasteiger partial charge in [-0.15, -0.1) is 0 Å². The van der Waals surface area contributed by atoms with Gasteiger partial charge in [-0.1, -0.05) is 11.6 Å².